The summed E-state index contributed by atoms with van der Waals surface area (Å²) in [5.74, 6) is 6.15. The monoisotopic (exact) mass is 270 g/mol. The summed E-state index contributed by atoms with van der Waals surface area (Å²) in [4.78, 5) is 0. The van der Waals surface area contributed by atoms with Crippen molar-refractivity contribution < 1.29 is 9.63 Å². The van der Waals surface area contributed by atoms with Gasteiger partial charge in [-0.25, -0.2) is 0 Å². The van der Waals surface area contributed by atoms with E-state index in [1.165, 1.54) is 19.3 Å². The summed E-state index contributed by atoms with van der Waals surface area (Å²) in [6.07, 6.45) is 12.8. The fourth-order valence-electron chi connectivity index (χ4n) is 1.59. The Balaban J connectivity index is 3.66. The van der Waals surface area contributed by atoms with Crippen LogP contribution in [-0.2, 0) is 4.52 Å². The maximum atomic E-state index is 8.62. The Morgan fingerprint density at radius 2 is 2.06 bits per heavy atom. The molecule has 0 saturated carbocycles. The highest BCUT2D eigenvalue weighted by Gasteiger charge is 2.00. The van der Waals surface area contributed by atoms with Gasteiger partial charge in [0.15, 0.2) is 0 Å². The van der Waals surface area contributed by atoms with Crippen molar-refractivity contribution in [2.45, 2.75) is 64.4 Å². The van der Waals surface area contributed by atoms with Crippen LogP contribution in [0.5, 0.6) is 0 Å². The number of rotatable bonds is 10. The summed E-state index contributed by atoms with van der Waals surface area (Å²) >= 11 is 0. The third kappa shape index (κ3) is 12.1. The van der Waals surface area contributed by atoms with E-state index in [9.17, 15) is 0 Å². The minimum Gasteiger partial charge on any atom is -0.396 e. The molecule has 0 amide bonds. The van der Waals surface area contributed by atoms with E-state index >= 15 is 0 Å². The number of aliphatic hydroxyl groups is 1. The van der Waals surface area contributed by atoms with E-state index in [0.29, 0.717) is 0 Å². The van der Waals surface area contributed by atoms with E-state index in [2.05, 4.69) is 28.2 Å². The van der Waals surface area contributed by atoms with Crippen LogP contribution < -0.4 is 0 Å². The van der Waals surface area contributed by atoms with Crippen molar-refractivity contribution in [3.8, 4) is 11.8 Å². The van der Waals surface area contributed by atoms with E-state index in [4.69, 9.17) is 9.63 Å². The van der Waals surface area contributed by atoms with Crippen molar-refractivity contribution in [1.82, 2.24) is 0 Å². The zero-order valence-corrected chi connectivity index (χ0v) is 12.7. The van der Waals surface area contributed by atoms with Gasteiger partial charge in [0.2, 0.25) is 0 Å². The second-order valence-electron chi connectivity index (χ2n) is 4.38. The first kappa shape index (κ1) is 17.6. The van der Waals surface area contributed by atoms with Gasteiger partial charge in [-0.3, -0.25) is 0 Å². The first-order valence-corrected chi connectivity index (χ1v) is 7.43. The Bertz CT molecular complexity index is 253. The number of hydrogen-bond donors (Lipinski definition) is 1. The summed E-state index contributed by atoms with van der Waals surface area (Å²) < 4.78 is 5.29. The Morgan fingerprint density at radius 3 is 2.72 bits per heavy atom. The van der Waals surface area contributed by atoms with Crippen molar-refractivity contribution in [3.63, 3.8) is 0 Å². The lowest BCUT2D eigenvalue weighted by Gasteiger charge is -2.08. The molecule has 2 nitrogen and oxygen atoms in total. The van der Waals surface area contributed by atoms with Gasteiger partial charge in [-0.05, 0) is 31.4 Å². The molecule has 0 aromatic heterocycles. The summed E-state index contributed by atoms with van der Waals surface area (Å²) in [6, 6.07) is 0. The second-order valence-corrected chi connectivity index (χ2v) is 4.66. The molecule has 2 unspecified atom stereocenters. The van der Waals surface area contributed by atoms with Crippen molar-refractivity contribution in [3.05, 3.63) is 12.2 Å². The summed E-state index contributed by atoms with van der Waals surface area (Å²) in [7, 11) is 2.33. The Kier molecular flexibility index (Phi) is 14.4. The molecule has 3 heteroatoms. The molecule has 2 atom stereocenters. The molecular formula is C15H27O2P. The maximum Gasteiger partial charge on any atom is 0.0800 e. The largest absolute Gasteiger partial charge is 0.396 e. The first-order chi connectivity index (χ1) is 8.85. The van der Waals surface area contributed by atoms with Gasteiger partial charge in [0.1, 0.15) is 0 Å². The summed E-state index contributed by atoms with van der Waals surface area (Å²) in [5.41, 5.74) is 0. The lowest BCUT2D eigenvalue weighted by atomic mass is 10.1. The minimum absolute atomic E-state index is 0.172. The van der Waals surface area contributed by atoms with E-state index in [0.717, 1.165) is 32.1 Å². The summed E-state index contributed by atoms with van der Waals surface area (Å²) in [5, 5.41) is 8.62. The van der Waals surface area contributed by atoms with Crippen LogP contribution in [0.25, 0.3) is 0 Å². The average Bonchev–Trinajstić information content (AvgIpc) is 2.40. The van der Waals surface area contributed by atoms with Gasteiger partial charge >= 0.3 is 0 Å². The molecule has 0 radical (unpaired) electrons. The van der Waals surface area contributed by atoms with Crippen LogP contribution in [0.15, 0.2) is 12.2 Å². The first-order valence-electron chi connectivity index (χ1n) is 6.96. The van der Waals surface area contributed by atoms with Crippen molar-refractivity contribution in [2.24, 2.45) is 0 Å². The molecule has 0 fully saturated rings. The fourth-order valence-corrected chi connectivity index (χ4v) is 1.82. The molecular weight excluding hydrogens is 243 g/mol. The van der Waals surface area contributed by atoms with E-state index < -0.39 is 0 Å². The van der Waals surface area contributed by atoms with Gasteiger partial charge in [-0.2, -0.15) is 0 Å². The molecule has 0 aliphatic carbocycles. The summed E-state index contributed by atoms with van der Waals surface area (Å²) in [6.45, 7) is 2.49. The van der Waals surface area contributed by atoms with Crippen LogP contribution in [-0.4, -0.2) is 17.8 Å². The van der Waals surface area contributed by atoms with Crippen LogP contribution in [0, 0.1) is 11.8 Å². The molecule has 104 valence electrons. The molecule has 0 aliphatic rings. The average molecular weight is 270 g/mol. The molecule has 18 heavy (non-hydrogen) atoms. The minimum atomic E-state index is 0.172. The van der Waals surface area contributed by atoms with Crippen LogP contribution in [0.2, 0.25) is 0 Å². The molecule has 0 aromatic carbocycles. The lowest BCUT2D eigenvalue weighted by Crippen LogP contribution is -2.02. The zero-order chi connectivity index (χ0) is 13.5. The highest BCUT2D eigenvalue weighted by atomic mass is 31.0. The van der Waals surface area contributed by atoms with Crippen molar-refractivity contribution >= 4 is 9.47 Å². The highest BCUT2D eigenvalue weighted by Crippen LogP contribution is 2.10. The third-order valence-electron chi connectivity index (χ3n) is 2.72. The molecule has 0 heterocycles. The molecule has 0 aromatic rings. The van der Waals surface area contributed by atoms with Gasteiger partial charge < -0.3 is 9.63 Å². The number of allylic oxidation sites excluding steroid dienone is 1. The lowest BCUT2D eigenvalue weighted by molar-refractivity contribution is 0.274. The highest BCUT2D eigenvalue weighted by molar-refractivity contribution is 7.09. The maximum absolute atomic E-state index is 8.62. The third-order valence-corrected chi connectivity index (χ3v) is 3.07. The van der Waals surface area contributed by atoms with Gasteiger partial charge in [0.25, 0.3) is 0 Å². The second kappa shape index (κ2) is 14.7. The zero-order valence-electron chi connectivity index (χ0n) is 11.5. The Morgan fingerprint density at radius 1 is 1.22 bits per heavy atom. The molecule has 1 N–H and O–H groups in total. The quantitative estimate of drug-likeness (QED) is 0.371. The fraction of sp³-hybridized carbons (Fsp3) is 0.733. The normalized spacial score (nSPS) is 12.4. The SMILES string of the molecule is CCCCCC(/C=C/C#CCCCCCO)OP. The topological polar surface area (TPSA) is 29.5 Å². The number of hydrogen-bond acceptors (Lipinski definition) is 2. The molecule has 0 rings (SSSR count). The van der Waals surface area contributed by atoms with Crippen LogP contribution in [0.3, 0.4) is 0 Å². The van der Waals surface area contributed by atoms with E-state index in [-0.39, 0.29) is 12.7 Å². The number of aliphatic hydroxyl groups excluding tert-OH is 1. The van der Waals surface area contributed by atoms with Crippen molar-refractivity contribution in [1.29, 1.82) is 0 Å². The predicted octanol–water partition coefficient (Wildman–Crippen LogP) is 3.85. The van der Waals surface area contributed by atoms with Crippen LogP contribution >= 0.6 is 9.47 Å². The van der Waals surface area contributed by atoms with Gasteiger partial charge in [0.05, 0.1) is 6.10 Å². The molecule has 0 aliphatic heterocycles. The molecule has 0 saturated heterocycles. The predicted molar refractivity (Wildman–Crippen MR) is 81.2 cm³/mol. The van der Waals surface area contributed by atoms with Gasteiger partial charge in [-0.1, -0.05) is 44.4 Å². The standard InChI is InChI=1S/C15H27O2P/c1-2-3-9-12-15(17-18)13-10-7-5-4-6-8-11-14-16/h10,13,15-16H,2-4,6,8-9,11-12,14,18H2,1H3/b13-10+. The Hall–Kier alpha value is -0.350. The van der Waals surface area contributed by atoms with E-state index in [1.807, 2.05) is 12.2 Å². The Labute approximate surface area is 114 Å². The molecule has 0 bridgehead atoms. The van der Waals surface area contributed by atoms with E-state index in [1.54, 1.807) is 0 Å². The van der Waals surface area contributed by atoms with Gasteiger partial charge in [-0.15, -0.1) is 0 Å². The number of unbranched alkanes of at least 4 members (excludes halogenated alkanes) is 5. The van der Waals surface area contributed by atoms with Crippen LogP contribution in [0.4, 0.5) is 0 Å². The van der Waals surface area contributed by atoms with Gasteiger partial charge in [0, 0.05) is 22.5 Å². The smallest absolute Gasteiger partial charge is 0.0800 e. The van der Waals surface area contributed by atoms with Crippen molar-refractivity contribution in [2.75, 3.05) is 6.61 Å². The van der Waals surface area contributed by atoms with Crippen LogP contribution in [0.1, 0.15) is 58.3 Å². The molecule has 0 spiro atoms.